The van der Waals surface area contributed by atoms with E-state index in [2.05, 4.69) is 24.1 Å². The van der Waals surface area contributed by atoms with Crippen LogP contribution in [0.4, 0.5) is 0 Å². The number of thioether (sulfide) groups is 1. The van der Waals surface area contributed by atoms with Crippen LogP contribution in [0.5, 0.6) is 0 Å². The van der Waals surface area contributed by atoms with E-state index < -0.39 is 0 Å². The molecule has 4 heteroatoms. The lowest BCUT2D eigenvalue weighted by Crippen LogP contribution is -2.33. The molecule has 0 aliphatic rings. The van der Waals surface area contributed by atoms with Gasteiger partial charge in [-0.3, -0.25) is 4.79 Å². The molecular formula is C16H22N2OS. The molecule has 1 atom stereocenters. The summed E-state index contributed by atoms with van der Waals surface area (Å²) in [5.74, 6) is 7.83. The van der Waals surface area contributed by atoms with Crippen LogP contribution in [0.1, 0.15) is 36.2 Å². The van der Waals surface area contributed by atoms with Crippen LogP contribution in [-0.4, -0.2) is 30.0 Å². The molecule has 1 amide bonds. The quantitative estimate of drug-likeness (QED) is 0.624. The van der Waals surface area contributed by atoms with Gasteiger partial charge in [0.25, 0.3) is 5.91 Å². The number of benzene rings is 1. The minimum Gasteiger partial charge on any atom is -0.350 e. The van der Waals surface area contributed by atoms with Gasteiger partial charge in [0.1, 0.15) is 0 Å². The van der Waals surface area contributed by atoms with Gasteiger partial charge < -0.3 is 11.1 Å². The van der Waals surface area contributed by atoms with Crippen LogP contribution < -0.4 is 11.1 Å². The number of carbonyl (C=O) groups is 1. The largest absolute Gasteiger partial charge is 0.350 e. The Kier molecular flexibility index (Phi) is 7.86. The maximum atomic E-state index is 12.3. The van der Waals surface area contributed by atoms with Gasteiger partial charge in [-0.2, -0.15) is 11.8 Å². The summed E-state index contributed by atoms with van der Waals surface area (Å²) in [5.41, 5.74) is 6.72. The van der Waals surface area contributed by atoms with E-state index in [1.54, 1.807) is 6.07 Å². The lowest BCUT2D eigenvalue weighted by atomic mass is 10.1. The van der Waals surface area contributed by atoms with Gasteiger partial charge in [0.15, 0.2) is 0 Å². The van der Waals surface area contributed by atoms with Crippen LogP contribution in [0.2, 0.25) is 0 Å². The Morgan fingerprint density at radius 3 is 2.90 bits per heavy atom. The summed E-state index contributed by atoms with van der Waals surface area (Å²) in [6.45, 7) is 4.46. The fourth-order valence-electron chi connectivity index (χ4n) is 1.71. The van der Waals surface area contributed by atoms with Crippen molar-refractivity contribution in [2.75, 3.05) is 18.1 Å². The first-order valence-corrected chi connectivity index (χ1v) is 8.01. The third-order valence-corrected chi connectivity index (χ3v) is 3.71. The van der Waals surface area contributed by atoms with E-state index in [4.69, 9.17) is 5.73 Å². The predicted molar refractivity (Wildman–Crippen MR) is 86.9 cm³/mol. The van der Waals surface area contributed by atoms with Gasteiger partial charge in [-0.05, 0) is 37.0 Å². The molecule has 1 unspecified atom stereocenters. The third kappa shape index (κ3) is 5.68. The second-order valence-electron chi connectivity index (χ2n) is 4.41. The van der Waals surface area contributed by atoms with Gasteiger partial charge in [-0.1, -0.05) is 30.9 Å². The van der Waals surface area contributed by atoms with Gasteiger partial charge in [-0.15, -0.1) is 0 Å². The molecular weight excluding hydrogens is 268 g/mol. The monoisotopic (exact) mass is 290 g/mol. The molecule has 0 aromatic heterocycles. The van der Waals surface area contributed by atoms with Crippen molar-refractivity contribution in [2.24, 2.45) is 5.73 Å². The van der Waals surface area contributed by atoms with E-state index in [9.17, 15) is 4.79 Å². The van der Waals surface area contributed by atoms with Gasteiger partial charge in [-0.25, -0.2) is 0 Å². The number of rotatable bonds is 6. The highest BCUT2D eigenvalue weighted by Crippen LogP contribution is 2.09. The van der Waals surface area contributed by atoms with Crippen LogP contribution in [0, 0.1) is 11.8 Å². The van der Waals surface area contributed by atoms with Crippen molar-refractivity contribution < 1.29 is 4.79 Å². The first-order chi connectivity index (χ1) is 9.69. The van der Waals surface area contributed by atoms with Gasteiger partial charge >= 0.3 is 0 Å². The van der Waals surface area contributed by atoms with Crippen molar-refractivity contribution >= 4 is 17.7 Å². The van der Waals surface area contributed by atoms with Crippen molar-refractivity contribution in [2.45, 2.75) is 26.3 Å². The van der Waals surface area contributed by atoms with E-state index in [1.807, 2.05) is 36.9 Å². The van der Waals surface area contributed by atoms with Crippen LogP contribution in [0.15, 0.2) is 24.3 Å². The van der Waals surface area contributed by atoms with Gasteiger partial charge in [0.2, 0.25) is 0 Å². The highest BCUT2D eigenvalue weighted by molar-refractivity contribution is 7.99. The van der Waals surface area contributed by atoms with Gasteiger partial charge in [0.05, 0.1) is 12.1 Å². The minimum absolute atomic E-state index is 0.0686. The van der Waals surface area contributed by atoms with Crippen LogP contribution in [0.25, 0.3) is 0 Å². The third-order valence-electron chi connectivity index (χ3n) is 2.77. The molecule has 1 aromatic rings. The second-order valence-corrected chi connectivity index (χ2v) is 5.81. The van der Waals surface area contributed by atoms with E-state index >= 15 is 0 Å². The molecule has 1 rings (SSSR count). The average Bonchev–Trinajstić information content (AvgIpc) is 2.45. The van der Waals surface area contributed by atoms with Crippen LogP contribution in [0.3, 0.4) is 0 Å². The topological polar surface area (TPSA) is 55.1 Å². The molecule has 0 bridgehead atoms. The molecule has 20 heavy (non-hydrogen) atoms. The molecule has 0 aliphatic carbocycles. The van der Waals surface area contributed by atoms with Crippen LogP contribution >= 0.6 is 11.8 Å². The first-order valence-electron chi connectivity index (χ1n) is 6.85. The number of carbonyl (C=O) groups excluding carboxylic acids is 1. The molecule has 3 N–H and O–H groups in total. The number of amides is 1. The molecule has 0 aliphatic heterocycles. The number of nitrogens with one attached hydrogen (secondary N) is 1. The molecule has 0 saturated heterocycles. The van der Waals surface area contributed by atoms with E-state index in [-0.39, 0.29) is 11.9 Å². The molecule has 0 heterocycles. The standard InChI is InChI=1S/C16H22N2OS/c1-3-20-12-10-13(2)18-16(19)15-9-5-4-7-14(15)8-6-11-17/h4-5,7,9,13H,3,10-12,17H2,1-2H3,(H,18,19). The summed E-state index contributed by atoms with van der Waals surface area (Å²) in [7, 11) is 0. The van der Waals surface area contributed by atoms with Crippen molar-refractivity contribution in [1.82, 2.24) is 5.32 Å². The van der Waals surface area contributed by atoms with E-state index in [0.29, 0.717) is 12.1 Å². The summed E-state index contributed by atoms with van der Waals surface area (Å²) < 4.78 is 0. The van der Waals surface area contributed by atoms with E-state index in [1.165, 1.54) is 0 Å². The molecule has 1 aromatic carbocycles. The van der Waals surface area contributed by atoms with Crippen molar-refractivity contribution in [3.05, 3.63) is 35.4 Å². The highest BCUT2D eigenvalue weighted by atomic mass is 32.2. The lowest BCUT2D eigenvalue weighted by Gasteiger charge is -2.14. The summed E-state index contributed by atoms with van der Waals surface area (Å²) in [5, 5.41) is 3.02. The number of hydrogen-bond acceptors (Lipinski definition) is 3. The maximum absolute atomic E-state index is 12.3. The van der Waals surface area contributed by atoms with Crippen molar-refractivity contribution in [1.29, 1.82) is 0 Å². The zero-order valence-electron chi connectivity index (χ0n) is 12.1. The summed E-state index contributed by atoms with van der Waals surface area (Å²) in [6, 6.07) is 7.52. The SMILES string of the molecule is CCSCCC(C)NC(=O)c1ccccc1C#CCN. The summed E-state index contributed by atoms with van der Waals surface area (Å²) >= 11 is 1.89. The minimum atomic E-state index is -0.0686. The van der Waals surface area contributed by atoms with Gasteiger partial charge in [0, 0.05) is 11.6 Å². The fourth-order valence-corrected chi connectivity index (χ4v) is 2.52. The molecule has 108 valence electrons. The highest BCUT2D eigenvalue weighted by Gasteiger charge is 2.12. The normalized spacial score (nSPS) is 11.3. The Morgan fingerprint density at radius 2 is 2.20 bits per heavy atom. The zero-order chi connectivity index (χ0) is 14.8. The fraction of sp³-hybridized carbons (Fsp3) is 0.438. The number of hydrogen-bond donors (Lipinski definition) is 2. The molecule has 0 fully saturated rings. The molecule has 3 nitrogen and oxygen atoms in total. The summed E-state index contributed by atoms with van der Waals surface area (Å²) in [6.07, 6.45) is 0.973. The van der Waals surface area contributed by atoms with Crippen molar-refractivity contribution in [3.63, 3.8) is 0 Å². The Morgan fingerprint density at radius 1 is 1.45 bits per heavy atom. The second kappa shape index (κ2) is 9.46. The first kappa shape index (κ1) is 16.6. The smallest absolute Gasteiger partial charge is 0.252 e. The Bertz CT molecular complexity index is 491. The van der Waals surface area contributed by atoms with Crippen molar-refractivity contribution in [3.8, 4) is 11.8 Å². The maximum Gasteiger partial charge on any atom is 0.252 e. The van der Waals surface area contributed by atoms with Crippen LogP contribution in [-0.2, 0) is 0 Å². The lowest BCUT2D eigenvalue weighted by molar-refractivity contribution is 0.0939. The Hall–Kier alpha value is -1.44. The molecule has 0 saturated carbocycles. The predicted octanol–water partition coefficient (Wildman–Crippen LogP) is 2.26. The summed E-state index contributed by atoms with van der Waals surface area (Å²) in [4.78, 5) is 12.3. The molecule has 0 radical (unpaired) electrons. The Balaban J connectivity index is 2.67. The number of nitrogens with two attached hydrogens (primary N) is 1. The molecule has 0 spiro atoms. The zero-order valence-corrected chi connectivity index (χ0v) is 12.9. The Labute approximate surface area is 125 Å². The average molecular weight is 290 g/mol. The van der Waals surface area contributed by atoms with E-state index in [0.717, 1.165) is 23.5 Å².